The molecule has 0 bridgehead atoms. The Bertz CT molecular complexity index is 879. The van der Waals surface area contributed by atoms with E-state index >= 15 is 0 Å². The van der Waals surface area contributed by atoms with E-state index < -0.39 is 0 Å². The topological polar surface area (TPSA) is 66.9 Å². The zero-order valence-corrected chi connectivity index (χ0v) is 15.6. The second-order valence-corrected chi connectivity index (χ2v) is 7.72. The van der Waals surface area contributed by atoms with Crippen LogP contribution in [0.25, 0.3) is 0 Å². The summed E-state index contributed by atoms with van der Waals surface area (Å²) in [6.07, 6.45) is 0. The zero-order chi connectivity index (χ0) is 17.6. The number of nitrogens with one attached hydrogen (secondary N) is 2. The third kappa shape index (κ3) is 5.04. The van der Waals surface area contributed by atoms with Crippen LogP contribution in [0.2, 0.25) is 0 Å². The summed E-state index contributed by atoms with van der Waals surface area (Å²) in [5, 5.41) is 15.1. The van der Waals surface area contributed by atoms with Crippen LogP contribution in [0.4, 0.5) is 16.5 Å². The van der Waals surface area contributed by atoms with Gasteiger partial charge in [0.2, 0.25) is 11.0 Å². The van der Waals surface area contributed by atoms with Crippen molar-refractivity contribution in [3.63, 3.8) is 0 Å². The molecule has 3 aromatic rings. The minimum atomic E-state index is -0.0531. The standard InChI is InChI=1S/C18H18N4OS2/c1-12-6-5-8-14(10-12)19-17-21-22-18(25-17)24-11-16(23)20-15-9-4-3-7-13(15)2/h3-10H,11H2,1-2H3,(H,19,21)(H,20,23). The Morgan fingerprint density at radius 2 is 1.96 bits per heavy atom. The van der Waals surface area contributed by atoms with Crippen LogP contribution < -0.4 is 10.6 Å². The molecule has 0 spiro atoms. The average Bonchev–Trinajstić information content (AvgIpc) is 3.03. The number of para-hydroxylation sites is 1. The fraction of sp³-hybridized carbons (Fsp3) is 0.167. The number of aryl methyl sites for hydroxylation is 2. The minimum absolute atomic E-state index is 0.0531. The highest BCUT2D eigenvalue weighted by Gasteiger charge is 2.09. The fourth-order valence-corrected chi connectivity index (χ4v) is 3.76. The third-order valence-electron chi connectivity index (χ3n) is 3.42. The van der Waals surface area contributed by atoms with Crippen LogP contribution in [0.15, 0.2) is 52.9 Å². The van der Waals surface area contributed by atoms with Crippen LogP contribution in [-0.2, 0) is 4.79 Å². The maximum Gasteiger partial charge on any atom is 0.234 e. The van der Waals surface area contributed by atoms with Gasteiger partial charge in [-0.25, -0.2) is 0 Å². The largest absolute Gasteiger partial charge is 0.330 e. The molecule has 25 heavy (non-hydrogen) atoms. The summed E-state index contributed by atoms with van der Waals surface area (Å²) in [6.45, 7) is 4.01. The Balaban J connectivity index is 1.53. The van der Waals surface area contributed by atoms with E-state index in [-0.39, 0.29) is 5.91 Å². The average molecular weight is 371 g/mol. The van der Waals surface area contributed by atoms with Crippen LogP contribution in [-0.4, -0.2) is 21.9 Å². The molecule has 5 nitrogen and oxygen atoms in total. The maximum absolute atomic E-state index is 12.1. The van der Waals surface area contributed by atoms with Crippen LogP contribution >= 0.6 is 23.1 Å². The number of anilines is 3. The number of thioether (sulfide) groups is 1. The number of rotatable bonds is 6. The van der Waals surface area contributed by atoms with E-state index in [1.165, 1.54) is 28.7 Å². The molecule has 0 aliphatic heterocycles. The Morgan fingerprint density at radius 1 is 1.12 bits per heavy atom. The smallest absolute Gasteiger partial charge is 0.234 e. The van der Waals surface area contributed by atoms with E-state index in [4.69, 9.17) is 0 Å². The van der Waals surface area contributed by atoms with Crippen molar-refractivity contribution in [2.24, 2.45) is 0 Å². The van der Waals surface area contributed by atoms with Crippen molar-refractivity contribution in [1.82, 2.24) is 10.2 Å². The Morgan fingerprint density at radius 3 is 2.76 bits per heavy atom. The monoisotopic (exact) mass is 370 g/mol. The SMILES string of the molecule is Cc1cccc(Nc2nnc(SCC(=O)Nc3ccccc3C)s2)c1. The molecule has 2 aromatic carbocycles. The summed E-state index contributed by atoms with van der Waals surface area (Å²) in [4.78, 5) is 12.1. The second-order valence-electron chi connectivity index (χ2n) is 5.52. The highest BCUT2D eigenvalue weighted by Crippen LogP contribution is 2.28. The Kier molecular flexibility index (Phi) is 5.67. The molecule has 0 aliphatic rings. The van der Waals surface area contributed by atoms with Crippen molar-refractivity contribution in [3.05, 3.63) is 59.7 Å². The van der Waals surface area contributed by atoms with Gasteiger partial charge in [0, 0.05) is 11.4 Å². The van der Waals surface area contributed by atoms with Crippen molar-refractivity contribution in [2.45, 2.75) is 18.2 Å². The van der Waals surface area contributed by atoms with Gasteiger partial charge in [-0.2, -0.15) is 0 Å². The van der Waals surface area contributed by atoms with Gasteiger partial charge in [-0.05, 0) is 43.2 Å². The van der Waals surface area contributed by atoms with Gasteiger partial charge in [0.15, 0.2) is 4.34 Å². The summed E-state index contributed by atoms with van der Waals surface area (Å²) in [7, 11) is 0. The molecule has 0 aliphatic carbocycles. The van der Waals surface area contributed by atoms with Crippen molar-refractivity contribution < 1.29 is 4.79 Å². The molecule has 0 unspecified atom stereocenters. The first-order valence-corrected chi connectivity index (χ1v) is 9.56. The van der Waals surface area contributed by atoms with Gasteiger partial charge < -0.3 is 10.6 Å². The lowest BCUT2D eigenvalue weighted by atomic mass is 10.2. The molecule has 128 valence electrons. The first-order chi connectivity index (χ1) is 12.1. The molecule has 1 aromatic heterocycles. The molecule has 0 fully saturated rings. The quantitative estimate of drug-likeness (QED) is 0.619. The van der Waals surface area contributed by atoms with Crippen molar-refractivity contribution in [1.29, 1.82) is 0 Å². The number of hydrogen-bond acceptors (Lipinski definition) is 6. The van der Waals surface area contributed by atoms with Gasteiger partial charge in [-0.1, -0.05) is 53.4 Å². The van der Waals surface area contributed by atoms with E-state index in [0.29, 0.717) is 10.9 Å². The van der Waals surface area contributed by atoms with E-state index in [9.17, 15) is 4.79 Å². The zero-order valence-electron chi connectivity index (χ0n) is 13.9. The lowest BCUT2D eigenvalue weighted by molar-refractivity contribution is -0.113. The molecule has 0 atom stereocenters. The normalized spacial score (nSPS) is 10.5. The van der Waals surface area contributed by atoms with Crippen molar-refractivity contribution in [3.8, 4) is 0 Å². The molecular weight excluding hydrogens is 352 g/mol. The van der Waals surface area contributed by atoms with Gasteiger partial charge >= 0.3 is 0 Å². The molecule has 1 amide bonds. The number of carbonyl (C=O) groups excluding carboxylic acids is 1. The van der Waals surface area contributed by atoms with Crippen LogP contribution in [0.1, 0.15) is 11.1 Å². The fourth-order valence-electron chi connectivity index (χ4n) is 2.19. The van der Waals surface area contributed by atoms with Crippen molar-refractivity contribution >= 4 is 45.5 Å². The summed E-state index contributed by atoms with van der Waals surface area (Å²) in [5.41, 5.74) is 4.04. The number of hydrogen-bond donors (Lipinski definition) is 2. The molecule has 0 saturated heterocycles. The van der Waals surface area contributed by atoms with Gasteiger partial charge in [0.25, 0.3) is 0 Å². The summed E-state index contributed by atoms with van der Waals surface area (Å²) < 4.78 is 0.759. The number of aromatic nitrogens is 2. The van der Waals surface area contributed by atoms with Gasteiger partial charge in [-0.3, -0.25) is 4.79 Å². The first-order valence-electron chi connectivity index (χ1n) is 7.75. The molecule has 0 radical (unpaired) electrons. The summed E-state index contributed by atoms with van der Waals surface area (Å²) in [6, 6.07) is 15.8. The lowest BCUT2D eigenvalue weighted by Gasteiger charge is -2.06. The Labute approximate surface area is 154 Å². The van der Waals surface area contributed by atoms with Gasteiger partial charge in [0.1, 0.15) is 0 Å². The minimum Gasteiger partial charge on any atom is -0.330 e. The first kappa shape index (κ1) is 17.4. The molecule has 7 heteroatoms. The predicted octanol–water partition coefficient (Wildman–Crippen LogP) is 4.63. The highest BCUT2D eigenvalue weighted by molar-refractivity contribution is 8.01. The molecule has 2 N–H and O–H groups in total. The van der Waals surface area contributed by atoms with Crippen LogP contribution in [0.5, 0.6) is 0 Å². The van der Waals surface area contributed by atoms with Crippen LogP contribution in [0.3, 0.4) is 0 Å². The third-order valence-corrected chi connectivity index (χ3v) is 5.39. The van der Waals surface area contributed by atoms with Crippen molar-refractivity contribution in [2.75, 3.05) is 16.4 Å². The predicted molar refractivity (Wildman–Crippen MR) is 105 cm³/mol. The molecular formula is C18H18N4OS2. The molecule has 1 heterocycles. The number of nitrogens with zero attached hydrogens (tertiary/aromatic N) is 2. The second kappa shape index (κ2) is 8.13. The molecule has 0 saturated carbocycles. The lowest BCUT2D eigenvalue weighted by Crippen LogP contribution is -2.14. The maximum atomic E-state index is 12.1. The number of benzene rings is 2. The molecule has 3 rings (SSSR count). The summed E-state index contributed by atoms with van der Waals surface area (Å²) in [5.74, 6) is 0.246. The number of amides is 1. The van der Waals surface area contributed by atoms with Crippen LogP contribution in [0, 0.1) is 13.8 Å². The Hall–Kier alpha value is -2.38. The number of carbonyl (C=O) groups is 1. The van der Waals surface area contributed by atoms with E-state index in [0.717, 1.165) is 21.3 Å². The van der Waals surface area contributed by atoms with Gasteiger partial charge in [-0.15, -0.1) is 10.2 Å². The van der Waals surface area contributed by atoms with E-state index in [2.05, 4.69) is 20.8 Å². The van der Waals surface area contributed by atoms with E-state index in [1.54, 1.807) is 0 Å². The van der Waals surface area contributed by atoms with E-state index in [1.807, 2.05) is 62.4 Å². The summed E-state index contributed by atoms with van der Waals surface area (Å²) >= 11 is 2.82. The van der Waals surface area contributed by atoms with Gasteiger partial charge in [0.05, 0.1) is 5.75 Å². The highest BCUT2D eigenvalue weighted by atomic mass is 32.2.